The van der Waals surface area contributed by atoms with Gasteiger partial charge in [-0.05, 0) is 18.1 Å². The first-order valence-electron chi connectivity index (χ1n) is 6.50. The quantitative estimate of drug-likeness (QED) is 0.426. The van der Waals surface area contributed by atoms with Gasteiger partial charge >= 0.3 is 0 Å². The van der Waals surface area contributed by atoms with Crippen LogP contribution in [0.15, 0.2) is 28.7 Å². The summed E-state index contributed by atoms with van der Waals surface area (Å²) in [6.07, 6.45) is 7.61. The zero-order chi connectivity index (χ0) is 12.5. The highest BCUT2D eigenvalue weighted by molar-refractivity contribution is 9.10. The van der Waals surface area contributed by atoms with Crippen molar-refractivity contribution < 1.29 is 0 Å². The molecular formula is C14H23BrN2. The van der Waals surface area contributed by atoms with Crippen LogP contribution in [0.2, 0.25) is 0 Å². The van der Waals surface area contributed by atoms with Gasteiger partial charge in [-0.1, -0.05) is 73.2 Å². The van der Waals surface area contributed by atoms with Crippen LogP contribution in [0.5, 0.6) is 0 Å². The molecule has 0 bridgehead atoms. The highest BCUT2D eigenvalue weighted by Crippen LogP contribution is 2.26. The average Bonchev–Trinajstić information content (AvgIpc) is 2.35. The van der Waals surface area contributed by atoms with Crippen LogP contribution in [-0.2, 0) is 0 Å². The van der Waals surface area contributed by atoms with E-state index in [9.17, 15) is 0 Å². The number of rotatable bonds is 8. The van der Waals surface area contributed by atoms with Gasteiger partial charge in [-0.3, -0.25) is 11.3 Å². The van der Waals surface area contributed by atoms with Crippen molar-refractivity contribution >= 4 is 15.9 Å². The fraction of sp³-hybridized carbons (Fsp3) is 0.571. The lowest BCUT2D eigenvalue weighted by Crippen LogP contribution is -2.28. The molecule has 0 aliphatic carbocycles. The van der Waals surface area contributed by atoms with Crippen molar-refractivity contribution in [2.24, 2.45) is 5.84 Å². The predicted molar refractivity (Wildman–Crippen MR) is 77.6 cm³/mol. The summed E-state index contributed by atoms with van der Waals surface area (Å²) in [5.41, 5.74) is 4.18. The van der Waals surface area contributed by atoms with E-state index < -0.39 is 0 Å². The third-order valence-corrected chi connectivity index (χ3v) is 3.80. The third kappa shape index (κ3) is 5.19. The molecule has 0 spiro atoms. The van der Waals surface area contributed by atoms with E-state index in [1.165, 1.54) is 37.7 Å². The van der Waals surface area contributed by atoms with E-state index in [2.05, 4.69) is 46.5 Å². The van der Waals surface area contributed by atoms with Gasteiger partial charge in [0.1, 0.15) is 0 Å². The topological polar surface area (TPSA) is 38.0 Å². The molecule has 2 nitrogen and oxygen atoms in total. The van der Waals surface area contributed by atoms with Gasteiger partial charge < -0.3 is 0 Å². The van der Waals surface area contributed by atoms with E-state index >= 15 is 0 Å². The van der Waals surface area contributed by atoms with Crippen LogP contribution in [0.25, 0.3) is 0 Å². The molecule has 1 aromatic carbocycles. The molecule has 0 amide bonds. The van der Waals surface area contributed by atoms with Gasteiger partial charge in [0, 0.05) is 10.5 Å². The van der Waals surface area contributed by atoms with E-state index in [1.54, 1.807) is 0 Å². The molecule has 1 rings (SSSR count). The van der Waals surface area contributed by atoms with Crippen LogP contribution in [-0.4, -0.2) is 0 Å². The molecule has 0 aromatic heterocycles. The second-order valence-corrected chi connectivity index (χ2v) is 5.30. The van der Waals surface area contributed by atoms with Gasteiger partial charge in [-0.2, -0.15) is 0 Å². The molecule has 0 heterocycles. The van der Waals surface area contributed by atoms with Crippen molar-refractivity contribution in [1.29, 1.82) is 0 Å². The van der Waals surface area contributed by atoms with Crippen molar-refractivity contribution in [2.75, 3.05) is 0 Å². The molecule has 0 aliphatic heterocycles. The first-order chi connectivity index (χ1) is 8.29. The Kier molecular flexibility index (Phi) is 7.49. The summed E-state index contributed by atoms with van der Waals surface area (Å²) >= 11 is 3.58. The van der Waals surface area contributed by atoms with Crippen LogP contribution in [0.3, 0.4) is 0 Å². The Morgan fingerprint density at radius 2 is 1.88 bits per heavy atom. The third-order valence-electron chi connectivity index (χ3n) is 3.08. The van der Waals surface area contributed by atoms with Crippen LogP contribution in [0.1, 0.15) is 57.1 Å². The Hall–Kier alpha value is -0.380. The maximum Gasteiger partial charge on any atom is 0.0471 e. The average molecular weight is 299 g/mol. The number of nitrogens with one attached hydrogen (secondary N) is 1. The Labute approximate surface area is 113 Å². The van der Waals surface area contributed by atoms with Crippen molar-refractivity contribution in [2.45, 2.75) is 51.5 Å². The zero-order valence-corrected chi connectivity index (χ0v) is 12.2. The Morgan fingerprint density at radius 3 is 2.53 bits per heavy atom. The SMILES string of the molecule is CCCCCCCC(NN)c1ccccc1Br. The Balaban J connectivity index is 2.41. The Bertz CT molecular complexity index is 315. The maximum absolute atomic E-state index is 5.64. The zero-order valence-electron chi connectivity index (χ0n) is 10.6. The van der Waals surface area contributed by atoms with Gasteiger partial charge in [-0.25, -0.2) is 0 Å². The molecule has 1 unspecified atom stereocenters. The summed E-state index contributed by atoms with van der Waals surface area (Å²) in [4.78, 5) is 0. The molecule has 1 aromatic rings. The fourth-order valence-corrected chi connectivity index (χ4v) is 2.60. The van der Waals surface area contributed by atoms with Gasteiger partial charge in [0.05, 0.1) is 0 Å². The summed E-state index contributed by atoms with van der Waals surface area (Å²) in [5, 5.41) is 0. The molecule has 3 N–H and O–H groups in total. The van der Waals surface area contributed by atoms with E-state index in [-0.39, 0.29) is 6.04 Å². The molecule has 0 radical (unpaired) electrons. The molecular weight excluding hydrogens is 276 g/mol. The molecule has 1 atom stereocenters. The molecule has 0 aliphatic rings. The van der Waals surface area contributed by atoms with E-state index in [0.717, 1.165) is 10.9 Å². The van der Waals surface area contributed by atoms with E-state index in [1.807, 2.05) is 6.07 Å². The first-order valence-corrected chi connectivity index (χ1v) is 7.29. The smallest absolute Gasteiger partial charge is 0.0471 e. The maximum atomic E-state index is 5.64. The number of hydrogen-bond donors (Lipinski definition) is 2. The van der Waals surface area contributed by atoms with Crippen molar-refractivity contribution in [3.05, 3.63) is 34.3 Å². The normalized spacial score (nSPS) is 12.6. The highest BCUT2D eigenvalue weighted by Gasteiger charge is 2.11. The minimum atomic E-state index is 0.257. The van der Waals surface area contributed by atoms with Crippen LogP contribution < -0.4 is 11.3 Å². The number of hydrogen-bond acceptors (Lipinski definition) is 2. The number of hydrazine groups is 1. The number of benzene rings is 1. The summed E-state index contributed by atoms with van der Waals surface area (Å²) in [7, 11) is 0. The van der Waals surface area contributed by atoms with Gasteiger partial charge in [0.15, 0.2) is 0 Å². The molecule has 3 heteroatoms. The fourth-order valence-electron chi connectivity index (χ4n) is 2.04. The second-order valence-electron chi connectivity index (χ2n) is 4.44. The second kappa shape index (κ2) is 8.67. The number of unbranched alkanes of at least 4 members (excludes halogenated alkanes) is 4. The van der Waals surface area contributed by atoms with Crippen LogP contribution in [0, 0.1) is 0 Å². The van der Waals surface area contributed by atoms with Crippen LogP contribution >= 0.6 is 15.9 Å². The largest absolute Gasteiger partial charge is 0.271 e. The summed E-state index contributed by atoms with van der Waals surface area (Å²) in [6, 6.07) is 8.54. The van der Waals surface area contributed by atoms with Crippen molar-refractivity contribution in [3.8, 4) is 0 Å². The molecule has 96 valence electrons. The van der Waals surface area contributed by atoms with Gasteiger partial charge in [0.2, 0.25) is 0 Å². The summed E-state index contributed by atoms with van der Waals surface area (Å²) in [5.74, 6) is 5.64. The van der Waals surface area contributed by atoms with Crippen molar-refractivity contribution in [1.82, 2.24) is 5.43 Å². The van der Waals surface area contributed by atoms with E-state index in [4.69, 9.17) is 5.84 Å². The minimum absolute atomic E-state index is 0.257. The molecule has 17 heavy (non-hydrogen) atoms. The number of halogens is 1. The highest BCUT2D eigenvalue weighted by atomic mass is 79.9. The van der Waals surface area contributed by atoms with Gasteiger partial charge in [0.25, 0.3) is 0 Å². The molecule has 0 saturated carbocycles. The van der Waals surface area contributed by atoms with Gasteiger partial charge in [-0.15, -0.1) is 0 Å². The predicted octanol–water partition coefficient (Wildman–Crippen LogP) is 4.31. The monoisotopic (exact) mass is 298 g/mol. The number of nitrogens with two attached hydrogens (primary N) is 1. The Morgan fingerprint density at radius 1 is 1.18 bits per heavy atom. The molecule has 0 fully saturated rings. The van der Waals surface area contributed by atoms with Crippen molar-refractivity contribution in [3.63, 3.8) is 0 Å². The first kappa shape index (κ1) is 14.7. The van der Waals surface area contributed by atoms with Crippen LogP contribution in [0.4, 0.5) is 0 Å². The summed E-state index contributed by atoms with van der Waals surface area (Å²) < 4.78 is 1.14. The lowest BCUT2D eigenvalue weighted by atomic mass is 10.0. The minimum Gasteiger partial charge on any atom is -0.271 e. The van der Waals surface area contributed by atoms with E-state index in [0.29, 0.717) is 0 Å². The summed E-state index contributed by atoms with van der Waals surface area (Å²) in [6.45, 7) is 2.24. The standard InChI is InChI=1S/C14H23BrN2/c1-2-3-4-5-6-11-14(17-16)12-9-7-8-10-13(12)15/h7-10,14,17H,2-6,11,16H2,1H3. The lowest BCUT2D eigenvalue weighted by Gasteiger charge is -2.17. The lowest BCUT2D eigenvalue weighted by molar-refractivity contribution is 0.477. The molecule has 0 saturated heterocycles.